The molecule has 0 aliphatic heterocycles. The molecule has 0 aliphatic rings. The van der Waals surface area contributed by atoms with Gasteiger partial charge in [0.05, 0.1) is 5.56 Å². The van der Waals surface area contributed by atoms with E-state index in [4.69, 9.17) is 27.8 Å². The van der Waals surface area contributed by atoms with Crippen LogP contribution in [0.15, 0.2) is 24.3 Å². The maximum Gasteiger partial charge on any atom is 0.274 e. The van der Waals surface area contributed by atoms with Gasteiger partial charge in [-0.3, -0.25) is 14.4 Å². The molecule has 13 heteroatoms. The highest BCUT2D eigenvalue weighted by molar-refractivity contribution is 6.31. The number of para-hydroxylation sites is 1. The molecule has 0 bridgehead atoms. The van der Waals surface area contributed by atoms with Gasteiger partial charge < -0.3 is 37.3 Å². The molecule has 190 valence electrons. The van der Waals surface area contributed by atoms with E-state index in [-0.39, 0.29) is 48.0 Å². The normalized spacial score (nSPS) is 12.0. The second-order valence-corrected chi connectivity index (χ2v) is 8.55. The number of carbonyl (C=O) groups excluding carboxylic acids is 3. The van der Waals surface area contributed by atoms with Crippen molar-refractivity contribution in [2.45, 2.75) is 32.4 Å². The van der Waals surface area contributed by atoms with Gasteiger partial charge in [0.2, 0.25) is 5.91 Å². The SMILES string of the molecule is CC(=O)c1ccccc1OCC(O)CNCCNC(=O)C(C)(C)NC(=O)c1nc(Cl)c(N)nc1N. The molecule has 35 heavy (non-hydrogen) atoms. The van der Waals surface area contributed by atoms with E-state index >= 15 is 0 Å². The average Bonchev–Trinajstić information content (AvgIpc) is 2.79. The minimum absolute atomic E-state index is 0.0100. The molecule has 12 nitrogen and oxygen atoms in total. The molecule has 0 saturated carbocycles. The molecule has 0 fully saturated rings. The molecule has 2 rings (SSSR count). The summed E-state index contributed by atoms with van der Waals surface area (Å²) in [6.07, 6.45) is -0.834. The molecule has 2 amide bonds. The van der Waals surface area contributed by atoms with Crippen molar-refractivity contribution >= 4 is 40.8 Å². The summed E-state index contributed by atoms with van der Waals surface area (Å²) in [6, 6.07) is 6.80. The van der Waals surface area contributed by atoms with Crippen LogP contribution in [-0.4, -0.2) is 70.6 Å². The van der Waals surface area contributed by atoms with Gasteiger partial charge in [-0.2, -0.15) is 0 Å². The highest BCUT2D eigenvalue weighted by atomic mass is 35.5. The van der Waals surface area contributed by atoms with E-state index in [0.717, 1.165) is 0 Å². The standard InChI is InChI=1S/C22H30ClN7O5/c1-12(31)14-6-4-5-7-15(14)35-11-13(32)10-26-8-9-27-21(34)22(2,3)30-20(33)16-18(24)29-19(25)17(23)28-16/h4-7,13,26,32H,8-11H2,1-3H3,(H,27,34)(H,30,33)(H4,24,25,29). The van der Waals surface area contributed by atoms with Crippen molar-refractivity contribution in [2.24, 2.45) is 0 Å². The summed E-state index contributed by atoms with van der Waals surface area (Å²) < 4.78 is 5.54. The molecule has 1 aromatic heterocycles. The van der Waals surface area contributed by atoms with Crippen LogP contribution in [0.2, 0.25) is 5.15 Å². The van der Waals surface area contributed by atoms with Gasteiger partial charge in [-0.25, -0.2) is 9.97 Å². The van der Waals surface area contributed by atoms with Gasteiger partial charge in [-0.15, -0.1) is 0 Å². The number of aromatic nitrogens is 2. The zero-order chi connectivity index (χ0) is 26.2. The van der Waals surface area contributed by atoms with Gasteiger partial charge in [0.1, 0.15) is 24.0 Å². The number of aliphatic hydroxyl groups excluding tert-OH is 1. The molecule has 1 aromatic carbocycles. The number of anilines is 2. The zero-order valence-electron chi connectivity index (χ0n) is 19.7. The first-order valence-corrected chi connectivity index (χ1v) is 11.1. The first-order valence-electron chi connectivity index (χ1n) is 10.7. The highest BCUT2D eigenvalue weighted by Crippen LogP contribution is 2.19. The number of aliphatic hydroxyl groups is 1. The van der Waals surface area contributed by atoms with Crippen LogP contribution in [0.1, 0.15) is 41.6 Å². The fourth-order valence-corrected chi connectivity index (χ4v) is 3.02. The van der Waals surface area contributed by atoms with Crippen molar-refractivity contribution in [3.8, 4) is 5.75 Å². The lowest BCUT2D eigenvalue weighted by Gasteiger charge is -2.25. The van der Waals surface area contributed by atoms with E-state index in [1.54, 1.807) is 24.3 Å². The number of halogens is 1. The largest absolute Gasteiger partial charge is 0.490 e. The van der Waals surface area contributed by atoms with E-state index < -0.39 is 23.5 Å². The molecular formula is C22H30ClN7O5. The first kappa shape index (κ1) is 27.8. The van der Waals surface area contributed by atoms with Gasteiger partial charge in [0, 0.05) is 19.6 Å². The molecule has 0 spiro atoms. The van der Waals surface area contributed by atoms with Crippen LogP contribution in [0.5, 0.6) is 5.75 Å². The minimum atomic E-state index is -1.30. The minimum Gasteiger partial charge on any atom is -0.490 e. The van der Waals surface area contributed by atoms with Crippen molar-refractivity contribution in [1.29, 1.82) is 0 Å². The summed E-state index contributed by atoms with van der Waals surface area (Å²) in [5, 5.41) is 18.1. The van der Waals surface area contributed by atoms with Crippen molar-refractivity contribution in [1.82, 2.24) is 25.9 Å². The van der Waals surface area contributed by atoms with Crippen molar-refractivity contribution in [3.63, 3.8) is 0 Å². The average molecular weight is 508 g/mol. The summed E-state index contributed by atoms with van der Waals surface area (Å²) in [5.74, 6) is -1.23. The molecule has 2 aromatic rings. The lowest BCUT2D eigenvalue weighted by Crippen LogP contribution is -2.55. The van der Waals surface area contributed by atoms with E-state index in [0.29, 0.717) is 17.9 Å². The third-order valence-corrected chi connectivity index (χ3v) is 5.06. The number of nitrogens with one attached hydrogen (secondary N) is 3. The third-order valence-electron chi connectivity index (χ3n) is 4.78. The molecule has 0 radical (unpaired) electrons. The van der Waals surface area contributed by atoms with E-state index in [9.17, 15) is 19.5 Å². The Morgan fingerprint density at radius 2 is 1.83 bits per heavy atom. The number of benzene rings is 1. The van der Waals surface area contributed by atoms with Gasteiger partial charge in [0.15, 0.2) is 28.3 Å². The highest BCUT2D eigenvalue weighted by Gasteiger charge is 2.31. The second-order valence-electron chi connectivity index (χ2n) is 8.19. The third kappa shape index (κ3) is 8.05. The predicted molar refractivity (Wildman–Crippen MR) is 131 cm³/mol. The van der Waals surface area contributed by atoms with Crippen LogP contribution in [-0.2, 0) is 4.79 Å². The fraction of sp³-hybridized carbons (Fsp3) is 0.409. The number of hydrogen-bond donors (Lipinski definition) is 6. The number of ketones is 1. The topological polar surface area (TPSA) is 195 Å². The summed E-state index contributed by atoms with van der Waals surface area (Å²) in [5.41, 5.74) is 10.1. The summed E-state index contributed by atoms with van der Waals surface area (Å²) in [4.78, 5) is 44.2. The van der Waals surface area contributed by atoms with Crippen LogP contribution in [0.25, 0.3) is 0 Å². The molecular weight excluding hydrogens is 478 g/mol. The number of nitrogens with two attached hydrogens (primary N) is 2. The molecule has 0 saturated heterocycles. The number of nitrogens with zero attached hydrogens (tertiary/aromatic N) is 2. The predicted octanol–water partition coefficient (Wildman–Crippen LogP) is 0.151. The quantitative estimate of drug-likeness (QED) is 0.170. The number of rotatable bonds is 12. The number of amides is 2. The van der Waals surface area contributed by atoms with Gasteiger partial charge in [-0.05, 0) is 32.9 Å². The van der Waals surface area contributed by atoms with E-state index in [2.05, 4.69) is 25.9 Å². The summed E-state index contributed by atoms with van der Waals surface area (Å²) >= 11 is 5.79. The Hall–Kier alpha value is -3.48. The number of nitrogen functional groups attached to an aromatic ring is 2. The van der Waals surface area contributed by atoms with Gasteiger partial charge >= 0.3 is 0 Å². The van der Waals surface area contributed by atoms with Crippen LogP contribution < -0.4 is 32.2 Å². The van der Waals surface area contributed by atoms with Crippen LogP contribution in [0.4, 0.5) is 11.6 Å². The number of Topliss-reactive ketones (excluding diaryl/α,β-unsaturated/α-hetero) is 1. The number of hydrogen-bond acceptors (Lipinski definition) is 10. The Labute approximate surface area is 207 Å². The maximum atomic E-state index is 12.5. The van der Waals surface area contributed by atoms with Gasteiger partial charge in [-0.1, -0.05) is 23.7 Å². The Balaban J connectivity index is 1.73. The number of ether oxygens (including phenoxy) is 1. The molecule has 0 aliphatic carbocycles. The van der Waals surface area contributed by atoms with Crippen molar-refractivity contribution < 1.29 is 24.2 Å². The van der Waals surface area contributed by atoms with Gasteiger partial charge in [0.25, 0.3) is 5.91 Å². The van der Waals surface area contributed by atoms with Crippen LogP contribution >= 0.6 is 11.6 Å². The van der Waals surface area contributed by atoms with Crippen LogP contribution in [0.3, 0.4) is 0 Å². The molecule has 1 unspecified atom stereocenters. The van der Waals surface area contributed by atoms with E-state index in [1.807, 2.05) is 0 Å². The van der Waals surface area contributed by atoms with E-state index in [1.165, 1.54) is 20.8 Å². The number of carbonyl (C=O) groups is 3. The Bertz CT molecular complexity index is 1080. The lowest BCUT2D eigenvalue weighted by atomic mass is 10.0. The molecule has 8 N–H and O–H groups in total. The zero-order valence-corrected chi connectivity index (χ0v) is 20.5. The monoisotopic (exact) mass is 507 g/mol. The lowest BCUT2D eigenvalue weighted by molar-refractivity contribution is -0.126. The molecule has 1 heterocycles. The Morgan fingerprint density at radius 1 is 1.14 bits per heavy atom. The first-order chi connectivity index (χ1) is 16.4. The van der Waals surface area contributed by atoms with Crippen molar-refractivity contribution in [2.75, 3.05) is 37.7 Å². The second kappa shape index (κ2) is 12.3. The smallest absolute Gasteiger partial charge is 0.274 e. The van der Waals surface area contributed by atoms with Crippen molar-refractivity contribution in [3.05, 3.63) is 40.7 Å². The summed E-state index contributed by atoms with van der Waals surface area (Å²) in [7, 11) is 0. The molecule has 1 atom stereocenters. The maximum absolute atomic E-state index is 12.5. The Morgan fingerprint density at radius 3 is 2.51 bits per heavy atom. The summed E-state index contributed by atoms with van der Waals surface area (Å²) in [6.45, 7) is 5.24. The fourth-order valence-electron chi connectivity index (χ4n) is 2.89. The Kier molecular flexibility index (Phi) is 9.75. The van der Waals surface area contributed by atoms with Crippen LogP contribution in [0, 0.1) is 0 Å².